The van der Waals surface area contributed by atoms with Crippen molar-refractivity contribution < 1.29 is 28.6 Å². The van der Waals surface area contributed by atoms with Gasteiger partial charge in [-0.05, 0) is 70.6 Å². The first-order valence-electron chi connectivity index (χ1n) is 26.2. The SMILES string of the molecule is CC\C=C/C=C\C=C/C=C\C=C/CCCCCC(=O)OC(COC(=O)CCCCCCCCC/C=C\C/C=C\CCCCC)COC(=O)CCCCCCCCCCCCCCC. The van der Waals surface area contributed by atoms with E-state index in [-0.39, 0.29) is 37.5 Å². The smallest absolute Gasteiger partial charge is 0.306 e. The summed E-state index contributed by atoms with van der Waals surface area (Å²) in [6.45, 7) is 6.43. The van der Waals surface area contributed by atoms with Crippen LogP contribution < -0.4 is 0 Å². The Morgan fingerprint density at radius 3 is 1.14 bits per heavy atom. The highest BCUT2D eigenvalue weighted by Gasteiger charge is 2.19. The van der Waals surface area contributed by atoms with E-state index in [2.05, 4.69) is 57.2 Å². The number of allylic oxidation sites excluding steroid dienone is 14. The van der Waals surface area contributed by atoms with Gasteiger partial charge in [0.05, 0.1) is 0 Å². The van der Waals surface area contributed by atoms with Crippen molar-refractivity contribution in [3.8, 4) is 0 Å². The minimum atomic E-state index is -0.800. The molecule has 63 heavy (non-hydrogen) atoms. The first-order chi connectivity index (χ1) is 31.0. The van der Waals surface area contributed by atoms with Crippen molar-refractivity contribution in [2.24, 2.45) is 0 Å². The Hall–Kier alpha value is -3.41. The molecule has 0 aromatic heterocycles. The largest absolute Gasteiger partial charge is 0.462 e. The van der Waals surface area contributed by atoms with Crippen LogP contribution in [0.1, 0.15) is 239 Å². The predicted octanol–water partition coefficient (Wildman–Crippen LogP) is 17.2. The molecule has 0 bridgehead atoms. The van der Waals surface area contributed by atoms with Crippen molar-refractivity contribution in [2.75, 3.05) is 13.2 Å². The van der Waals surface area contributed by atoms with E-state index in [9.17, 15) is 14.4 Å². The standard InChI is InChI=1S/C57H96O6/c1-4-7-10-13-16-19-22-25-27-28-30-32-35-38-41-44-47-50-56(59)62-53-54(52-61-55(58)49-46-43-40-37-34-31-24-21-18-15-12-9-6-3)63-57(60)51-48-45-42-39-36-33-29-26-23-20-17-14-11-8-5-2/h8,11,14,16-17,19-20,23,25-27,29,33,36,54H,4-7,9-10,12-13,15,18,21-22,24,28,30-32,34-35,37-53H2,1-3H3/b11-8-,17-14-,19-16-,23-20-,27-25-,29-26-,36-33-. The normalized spacial score (nSPS) is 12.7. The van der Waals surface area contributed by atoms with Crippen molar-refractivity contribution in [1.29, 1.82) is 0 Å². The van der Waals surface area contributed by atoms with Crippen LogP contribution in [0.3, 0.4) is 0 Å². The molecule has 0 spiro atoms. The molecule has 0 rings (SSSR count). The van der Waals surface area contributed by atoms with E-state index in [4.69, 9.17) is 14.2 Å². The predicted molar refractivity (Wildman–Crippen MR) is 270 cm³/mol. The van der Waals surface area contributed by atoms with Crippen LogP contribution in [0.2, 0.25) is 0 Å². The summed E-state index contributed by atoms with van der Waals surface area (Å²) < 4.78 is 16.8. The Labute approximate surface area is 388 Å². The van der Waals surface area contributed by atoms with Crippen molar-refractivity contribution >= 4 is 17.9 Å². The second-order valence-electron chi connectivity index (χ2n) is 17.2. The van der Waals surface area contributed by atoms with Crippen LogP contribution in [0.4, 0.5) is 0 Å². The molecule has 1 atom stereocenters. The molecule has 360 valence electrons. The summed E-state index contributed by atoms with van der Waals surface area (Å²) >= 11 is 0. The highest BCUT2D eigenvalue weighted by atomic mass is 16.6. The van der Waals surface area contributed by atoms with Crippen molar-refractivity contribution in [3.05, 3.63) is 85.1 Å². The second kappa shape index (κ2) is 51.2. The number of rotatable bonds is 46. The van der Waals surface area contributed by atoms with Crippen molar-refractivity contribution in [3.63, 3.8) is 0 Å². The third-order valence-corrected chi connectivity index (χ3v) is 11.0. The van der Waals surface area contributed by atoms with E-state index in [0.29, 0.717) is 19.3 Å². The molecule has 0 heterocycles. The van der Waals surface area contributed by atoms with Gasteiger partial charge < -0.3 is 14.2 Å². The number of ether oxygens (including phenoxy) is 3. The second-order valence-corrected chi connectivity index (χ2v) is 17.2. The summed E-state index contributed by atoms with van der Waals surface area (Å²) in [7, 11) is 0. The van der Waals surface area contributed by atoms with Crippen molar-refractivity contribution in [1.82, 2.24) is 0 Å². The van der Waals surface area contributed by atoms with Gasteiger partial charge in [-0.2, -0.15) is 0 Å². The van der Waals surface area contributed by atoms with E-state index in [1.165, 1.54) is 116 Å². The number of hydrogen-bond acceptors (Lipinski definition) is 6. The van der Waals surface area contributed by atoms with E-state index < -0.39 is 6.10 Å². The fourth-order valence-electron chi connectivity index (χ4n) is 7.08. The van der Waals surface area contributed by atoms with Crippen LogP contribution >= 0.6 is 0 Å². The molecule has 0 saturated heterocycles. The van der Waals surface area contributed by atoms with Crippen LogP contribution in [0.5, 0.6) is 0 Å². The lowest BCUT2D eigenvalue weighted by Gasteiger charge is -2.18. The molecular weight excluding hydrogens is 781 g/mol. The molecule has 0 aromatic carbocycles. The zero-order chi connectivity index (χ0) is 45.8. The lowest BCUT2D eigenvalue weighted by Crippen LogP contribution is -2.30. The fraction of sp³-hybridized carbons (Fsp3) is 0.702. The maximum atomic E-state index is 12.8. The topological polar surface area (TPSA) is 78.9 Å². The van der Waals surface area contributed by atoms with Gasteiger partial charge in [0.1, 0.15) is 13.2 Å². The Morgan fingerprint density at radius 1 is 0.349 bits per heavy atom. The fourth-order valence-corrected chi connectivity index (χ4v) is 7.08. The zero-order valence-electron chi connectivity index (χ0n) is 41.1. The molecule has 6 nitrogen and oxygen atoms in total. The van der Waals surface area contributed by atoms with Gasteiger partial charge in [0, 0.05) is 19.3 Å². The Bertz CT molecular complexity index is 1240. The van der Waals surface area contributed by atoms with E-state index in [1.807, 2.05) is 48.6 Å². The molecule has 1 unspecified atom stereocenters. The van der Waals surface area contributed by atoms with Gasteiger partial charge in [0.2, 0.25) is 0 Å². The monoisotopic (exact) mass is 877 g/mol. The maximum absolute atomic E-state index is 12.8. The van der Waals surface area contributed by atoms with Gasteiger partial charge in [-0.15, -0.1) is 0 Å². The first kappa shape index (κ1) is 59.6. The summed E-state index contributed by atoms with van der Waals surface area (Å²) in [5.74, 6) is -0.944. The maximum Gasteiger partial charge on any atom is 0.306 e. The third kappa shape index (κ3) is 49.5. The molecule has 0 amide bonds. The van der Waals surface area contributed by atoms with Crippen molar-refractivity contribution in [2.45, 2.75) is 245 Å². The van der Waals surface area contributed by atoms with Crippen LogP contribution in [0.15, 0.2) is 85.1 Å². The van der Waals surface area contributed by atoms with Gasteiger partial charge in [-0.25, -0.2) is 0 Å². The van der Waals surface area contributed by atoms with Crippen LogP contribution in [0.25, 0.3) is 0 Å². The summed E-state index contributed by atoms with van der Waals surface area (Å²) in [5, 5.41) is 0. The zero-order valence-corrected chi connectivity index (χ0v) is 41.1. The van der Waals surface area contributed by atoms with Gasteiger partial charge in [0.25, 0.3) is 0 Å². The highest BCUT2D eigenvalue weighted by molar-refractivity contribution is 5.71. The van der Waals surface area contributed by atoms with Crippen LogP contribution in [-0.2, 0) is 28.6 Å². The molecule has 0 aliphatic rings. The average Bonchev–Trinajstić information content (AvgIpc) is 3.28. The minimum Gasteiger partial charge on any atom is -0.462 e. The molecule has 0 aromatic rings. The van der Waals surface area contributed by atoms with Crippen LogP contribution in [0, 0.1) is 0 Å². The molecule has 0 saturated carbocycles. The Balaban J connectivity index is 4.46. The summed E-state index contributed by atoms with van der Waals surface area (Å²) in [5.41, 5.74) is 0. The minimum absolute atomic E-state index is 0.0953. The van der Waals surface area contributed by atoms with Gasteiger partial charge >= 0.3 is 17.9 Å². The Morgan fingerprint density at radius 2 is 0.683 bits per heavy atom. The summed E-state index contributed by atoms with van der Waals surface area (Å²) in [6, 6.07) is 0. The average molecular weight is 877 g/mol. The van der Waals surface area contributed by atoms with E-state index in [1.54, 1.807) is 0 Å². The Kier molecular flexibility index (Phi) is 48.5. The molecule has 0 radical (unpaired) electrons. The quantitative estimate of drug-likeness (QED) is 0.0199. The van der Waals surface area contributed by atoms with Gasteiger partial charge in [-0.1, -0.05) is 234 Å². The summed E-state index contributed by atoms with van der Waals surface area (Å²) in [4.78, 5) is 38.0. The van der Waals surface area contributed by atoms with Gasteiger partial charge in [-0.3, -0.25) is 14.4 Å². The molecule has 0 aliphatic carbocycles. The third-order valence-electron chi connectivity index (χ3n) is 11.0. The number of unbranched alkanes of at least 4 members (excludes halogenated alkanes) is 25. The van der Waals surface area contributed by atoms with E-state index >= 15 is 0 Å². The highest BCUT2D eigenvalue weighted by Crippen LogP contribution is 2.15. The first-order valence-corrected chi connectivity index (χ1v) is 26.2. The molecular formula is C57H96O6. The van der Waals surface area contributed by atoms with E-state index in [0.717, 1.165) is 77.0 Å². The number of esters is 3. The van der Waals surface area contributed by atoms with Gasteiger partial charge in [0.15, 0.2) is 6.10 Å². The summed E-state index contributed by atoms with van der Waals surface area (Å²) in [6.07, 6.45) is 65.6. The lowest BCUT2D eigenvalue weighted by atomic mass is 10.0. The molecule has 0 N–H and O–H groups in total. The molecule has 6 heteroatoms. The lowest BCUT2D eigenvalue weighted by molar-refractivity contribution is -0.167. The number of carbonyl (C=O) groups is 3. The molecule has 0 fully saturated rings. The van der Waals surface area contributed by atoms with Crippen LogP contribution in [-0.4, -0.2) is 37.2 Å². The molecule has 0 aliphatic heterocycles. The number of carbonyl (C=O) groups excluding carboxylic acids is 3. The number of hydrogen-bond donors (Lipinski definition) is 0.